The molecule has 0 fully saturated rings. The molecule has 0 bridgehead atoms. The summed E-state index contributed by atoms with van der Waals surface area (Å²) >= 11 is 0. The van der Waals surface area contributed by atoms with Crippen molar-refractivity contribution in [1.82, 2.24) is 0 Å². The molecule has 5 nitrogen and oxygen atoms in total. The Hall–Kier alpha value is -4.33. The van der Waals surface area contributed by atoms with Gasteiger partial charge in [-0.15, -0.1) is 0 Å². The molecule has 0 spiro atoms. The van der Waals surface area contributed by atoms with Crippen LogP contribution in [0.2, 0.25) is 0 Å². The summed E-state index contributed by atoms with van der Waals surface area (Å²) in [5.74, 6) is -3.30. The number of hydrogen-bond acceptors (Lipinski definition) is 5. The first kappa shape index (κ1) is 24.8. The van der Waals surface area contributed by atoms with Crippen molar-refractivity contribution in [3.05, 3.63) is 106 Å². The van der Waals surface area contributed by atoms with Gasteiger partial charge in [-0.1, -0.05) is 62.4 Å². The summed E-state index contributed by atoms with van der Waals surface area (Å²) in [6, 6.07) is 19.1. The lowest BCUT2D eigenvalue weighted by molar-refractivity contribution is -0.154. The lowest BCUT2D eigenvalue weighted by Crippen LogP contribution is -2.16. The van der Waals surface area contributed by atoms with E-state index in [2.05, 4.69) is 0 Å². The minimum Gasteiger partial charge on any atom is -0.449 e. The summed E-state index contributed by atoms with van der Waals surface area (Å²) in [6.45, 7) is 3.71. The first-order valence-electron chi connectivity index (χ1n) is 11.0. The van der Waals surface area contributed by atoms with E-state index in [-0.39, 0.29) is 22.8 Å². The number of fused-ring (bicyclic) bond motifs is 1. The Morgan fingerprint density at radius 1 is 0.972 bits per heavy atom. The van der Waals surface area contributed by atoms with E-state index in [9.17, 15) is 22.8 Å². The average molecular weight is 494 g/mol. The maximum Gasteiger partial charge on any atom is 0.453 e. The molecular weight excluding hydrogens is 473 g/mol. The Morgan fingerprint density at radius 3 is 2.36 bits per heavy atom. The first-order chi connectivity index (χ1) is 17.1. The van der Waals surface area contributed by atoms with Crippen LogP contribution >= 0.6 is 0 Å². The van der Waals surface area contributed by atoms with E-state index in [1.807, 2.05) is 19.9 Å². The average Bonchev–Trinajstić information content (AvgIpc) is 2.84. The largest absolute Gasteiger partial charge is 0.453 e. The molecule has 0 unspecified atom stereocenters. The minimum atomic E-state index is -5.01. The van der Waals surface area contributed by atoms with Crippen LogP contribution in [0.5, 0.6) is 17.2 Å². The van der Waals surface area contributed by atoms with Crippen LogP contribution in [0.3, 0.4) is 0 Å². The molecule has 3 aromatic carbocycles. The lowest BCUT2D eigenvalue weighted by Gasteiger charge is -2.16. The molecule has 36 heavy (non-hydrogen) atoms. The zero-order chi connectivity index (χ0) is 25.9. The normalized spacial score (nSPS) is 11.8. The van der Waals surface area contributed by atoms with Gasteiger partial charge in [0, 0.05) is 12.1 Å². The van der Waals surface area contributed by atoms with Crippen LogP contribution in [0, 0.1) is 0 Å². The van der Waals surface area contributed by atoms with Crippen molar-refractivity contribution >= 4 is 23.0 Å². The van der Waals surface area contributed by atoms with E-state index in [0.29, 0.717) is 5.56 Å². The molecule has 1 aromatic heterocycles. The molecular formula is C28H21F3O5. The van der Waals surface area contributed by atoms with Crippen molar-refractivity contribution in [2.45, 2.75) is 25.9 Å². The van der Waals surface area contributed by atoms with E-state index < -0.39 is 34.7 Å². The molecule has 8 heteroatoms. The molecule has 0 aliphatic carbocycles. The second-order valence-electron chi connectivity index (χ2n) is 8.20. The zero-order valence-corrected chi connectivity index (χ0v) is 19.3. The van der Waals surface area contributed by atoms with Gasteiger partial charge in [0.15, 0.2) is 0 Å². The maximum absolute atomic E-state index is 13.9. The predicted molar refractivity (Wildman–Crippen MR) is 129 cm³/mol. The third-order valence-electron chi connectivity index (χ3n) is 5.26. The molecule has 0 N–H and O–H groups in total. The van der Waals surface area contributed by atoms with Gasteiger partial charge in [-0.25, -0.2) is 4.79 Å². The molecule has 0 aliphatic heterocycles. The number of para-hydroxylation sites is 1. The van der Waals surface area contributed by atoms with Crippen LogP contribution in [-0.4, -0.2) is 5.97 Å². The number of benzene rings is 3. The van der Waals surface area contributed by atoms with Gasteiger partial charge in [0.1, 0.15) is 17.1 Å². The van der Waals surface area contributed by atoms with E-state index in [4.69, 9.17) is 13.9 Å². The van der Waals surface area contributed by atoms with Gasteiger partial charge >= 0.3 is 12.1 Å². The van der Waals surface area contributed by atoms with E-state index in [1.165, 1.54) is 30.4 Å². The first-order valence-corrected chi connectivity index (χ1v) is 11.0. The van der Waals surface area contributed by atoms with Gasteiger partial charge in [-0.3, -0.25) is 4.79 Å². The third kappa shape index (κ3) is 5.49. The van der Waals surface area contributed by atoms with Crippen LogP contribution in [-0.2, 0) is 11.0 Å². The van der Waals surface area contributed by atoms with Crippen molar-refractivity contribution in [2.24, 2.45) is 0 Å². The number of carbonyl (C=O) groups is 1. The van der Waals surface area contributed by atoms with Crippen molar-refractivity contribution in [2.75, 3.05) is 0 Å². The van der Waals surface area contributed by atoms with Crippen LogP contribution in [0.4, 0.5) is 13.2 Å². The summed E-state index contributed by atoms with van der Waals surface area (Å²) < 4.78 is 57.4. The third-order valence-corrected chi connectivity index (χ3v) is 5.26. The van der Waals surface area contributed by atoms with Crippen LogP contribution < -0.4 is 14.9 Å². The molecule has 0 amide bonds. The van der Waals surface area contributed by atoms with Gasteiger partial charge in [0.25, 0.3) is 5.76 Å². The quantitative estimate of drug-likeness (QED) is 0.159. The smallest absolute Gasteiger partial charge is 0.449 e. The monoisotopic (exact) mass is 494 g/mol. The van der Waals surface area contributed by atoms with Crippen LogP contribution in [0.25, 0.3) is 17.0 Å². The molecule has 0 saturated carbocycles. The fourth-order valence-electron chi connectivity index (χ4n) is 3.54. The topological polar surface area (TPSA) is 65.7 Å². The predicted octanol–water partition coefficient (Wildman–Crippen LogP) is 7.35. The summed E-state index contributed by atoms with van der Waals surface area (Å²) in [5, 5.41) is -0.153. The number of ether oxygens (including phenoxy) is 2. The molecule has 0 saturated heterocycles. The molecule has 4 rings (SSSR count). The Balaban J connectivity index is 1.71. The minimum absolute atomic E-state index is 0.0591. The highest BCUT2D eigenvalue weighted by atomic mass is 19.4. The van der Waals surface area contributed by atoms with E-state index in [1.54, 1.807) is 42.5 Å². The van der Waals surface area contributed by atoms with Crippen molar-refractivity contribution in [1.29, 1.82) is 0 Å². The van der Waals surface area contributed by atoms with Gasteiger partial charge in [-0.2, -0.15) is 13.2 Å². The van der Waals surface area contributed by atoms with Crippen molar-refractivity contribution in [3.8, 4) is 17.2 Å². The summed E-state index contributed by atoms with van der Waals surface area (Å²) in [5.41, 5.74) is 0.00873. The van der Waals surface area contributed by atoms with Gasteiger partial charge in [0.05, 0.1) is 5.39 Å². The molecule has 1 heterocycles. The Bertz CT molecular complexity index is 1490. The summed E-state index contributed by atoms with van der Waals surface area (Å²) in [6.07, 6.45) is -2.30. The number of carbonyl (C=O) groups excluding carboxylic acids is 1. The number of halogens is 3. The zero-order valence-electron chi connectivity index (χ0n) is 19.3. The number of alkyl halides is 3. The number of esters is 1. The standard InChI is InChI=1S/C28H21F3O5/c1-17(2)20-10-6-7-11-22(20)35-26-25(33)21-14-13-19(16-23(21)36-27(26)28(29,30)31)34-24(32)15-12-18-8-4-3-5-9-18/h3-17H,1-2H3/b15-12+. The summed E-state index contributed by atoms with van der Waals surface area (Å²) in [4.78, 5) is 25.2. The molecule has 0 aliphatic rings. The highest BCUT2D eigenvalue weighted by Crippen LogP contribution is 2.40. The van der Waals surface area contributed by atoms with Gasteiger partial charge in [-0.05, 0) is 41.3 Å². The van der Waals surface area contributed by atoms with Crippen molar-refractivity contribution in [3.63, 3.8) is 0 Å². The fraction of sp³-hybridized carbons (Fsp3) is 0.143. The van der Waals surface area contributed by atoms with E-state index >= 15 is 0 Å². The maximum atomic E-state index is 13.9. The Kier molecular flexibility index (Phi) is 6.96. The number of rotatable bonds is 6. The molecule has 4 aromatic rings. The SMILES string of the molecule is CC(C)c1ccccc1Oc1c(C(F)(F)F)oc2cc(OC(=O)/C=C/c3ccccc3)ccc2c1=O. The fourth-order valence-corrected chi connectivity index (χ4v) is 3.54. The van der Waals surface area contributed by atoms with Crippen LogP contribution in [0.15, 0.2) is 88.1 Å². The molecule has 0 atom stereocenters. The summed E-state index contributed by atoms with van der Waals surface area (Å²) in [7, 11) is 0. The second kappa shape index (κ2) is 10.1. The molecule has 184 valence electrons. The van der Waals surface area contributed by atoms with Gasteiger partial charge in [0.2, 0.25) is 11.2 Å². The highest BCUT2D eigenvalue weighted by molar-refractivity contribution is 5.89. The van der Waals surface area contributed by atoms with Crippen molar-refractivity contribution < 1.29 is 31.9 Å². The van der Waals surface area contributed by atoms with E-state index in [0.717, 1.165) is 11.6 Å². The Labute approximate surface area is 204 Å². The lowest BCUT2D eigenvalue weighted by atomic mass is 10.0. The number of hydrogen-bond donors (Lipinski definition) is 0. The Morgan fingerprint density at radius 2 is 1.67 bits per heavy atom. The van der Waals surface area contributed by atoms with Gasteiger partial charge < -0.3 is 13.9 Å². The highest BCUT2D eigenvalue weighted by Gasteiger charge is 2.40. The van der Waals surface area contributed by atoms with Crippen LogP contribution in [0.1, 0.15) is 36.7 Å². The molecule has 0 radical (unpaired) electrons. The second-order valence-corrected chi connectivity index (χ2v) is 8.20.